The normalized spacial score (nSPS) is 27.4. The van der Waals surface area contributed by atoms with Crippen LogP contribution in [0.2, 0.25) is 0 Å². The first kappa shape index (κ1) is 23.5. The summed E-state index contributed by atoms with van der Waals surface area (Å²) in [6.07, 6.45) is 4.46. The average molecular weight is 511 g/mol. The summed E-state index contributed by atoms with van der Waals surface area (Å²) >= 11 is 1.29. The minimum absolute atomic E-state index is 0.00808. The largest absolute Gasteiger partial charge is 0.368 e. The predicted molar refractivity (Wildman–Crippen MR) is 132 cm³/mol. The quantitative estimate of drug-likeness (QED) is 0.551. The number of amides is 3. The lowest BCUT2D eigenvalue weighted by molar-refractivity contribution is -0.146. The number of aromatic nitrogens is 1. The van der Waals surface area contributed by atoms with Crippen LogP contribution in [0, 0.1) is 11.3 Å². The van der Waals surface area contributed by atoms with Crippen LogP contribution in [0.1, 0.15) is 54.7 Å². The standard InChI is InChI=1S/C26H30N4O5S/c31-21(24-29-16-4-1-2-6-20(16)36-24)17(12-15-7-10-27-22(15)32)28-23(33)18-13-26(8-9-26)14-30(18)25(34)19-5-3-11-35-19/h1-2,4,6,15,17-19H,3,5,7-14H2,(H,27,32)(H,28,33)/t15-,17-,18?,19+/m0/s1. The third-order valence-electron chi connectivity index (χ3n) is 8.08. The number of rotatable bonds is 7. The molecule has 0 radical (unpaired) electrons. The van der Waals surface area contributed by atoms with Crippen molar-refractivity contribution in [2.24, 2.45) is 11.3 Å². The molecule has 3 saturated heterocycles. The molecule has 6 rings (SSSR count). The van der Waals surface area contributed by atoms with Gasteiger partial charge in [0.25, 0.3) is 5.91 Å². The smallest absolute Gasteiger partial charge is 0.252 e. The van der Waals surface area contributed by atoms with Gasteiger partial charge in [-0.1, -0.05) is 12.1 Å². The molecular weight excluding hydrogens is 480 g/mol. The highest BCUT2D eigenvalue weighted by molar-refractivity contribution is 7.20. The lowest BCUT2D eigenvalue weighted by Crippen LogP contribution is -2.53. The second-order valence-electron chi connectivity index (χ2n) is 10.6. The van der Waals surface area contributed by atoms with Crippen molar-refractivity contribution in [2.75, 3.05) is 19.7 Å². The number of thiazole rings is 1. The number of benzene rings is 1. The Morgan fingerprint density at radius 2 is 2.08 bits per heavy atom. The van der Waals surface area contributed by atoms with E-state index in [1.54, 1.807) is 4.90 Å². The summed E-state index contributed by atoms with van der Waals surface area (Å²) in [4.78, 5) is 59.0. The summed E-state index contributed by atoms with van der Waals surface area (Å²) in [7, 11) is 0. The van der Waals surface area contributed by atoms with E-state index >= 15 is 0 Å². The maximum Gasteiger partial charge on any atom is 0.252 e. The third-order valence-corrected chi connectivity index (χ3v) is 9.13. The van der Waals surface area contributed by atoms with Crippen LogP contribution in [0.15, 0.2) is 24.3 Å². The molecule has 1 unspecified atom stereocenters. The van der Waals surface area contributed by atoms with Crippen molar-refractivity contribution in [3.63, 3.8) is 0 Å². The Balaban J connectivity index is 1.24. The van der Waals surface area contributed by atoms with E-state index in [1.165, 1.54) is 11.3 Å². The Morgan fingerprint density at radius 1 is 1.25 bits per heavy atom. The van der Waals surface area contributed by atoms with Gasteiger partial charge in [-0.25, -0.2) is 4.98 Å². The topological polar surface area (TPSA) is 118 Å². The zero-order chi connectivity index (χ0) is 24.9. The molecule has 1 aromatic heterocycles. The van der Waals surface area contributed by atoms with Gasteiger partial charge in [-0.15, -0.1) is 11.3 Å². The fraction of sp³-hybridized carbons (Fsp3) is 0.577. The van der Waals surface area contributed by atoms with Crippen LogP contribution in [0.3, 0.4) is 0 Å². The van der Waals surface area contributed by atoms with Crippen LogP contribution >= 0.6 is 11.3 Å². The van der Waals surface area contributed by atoms with Gasteiger partial charge in [0.15, 0.2) is 5.01 Å². The molecule has 2 aromatic rings. The van der Waals surface area contributed by atoms with Crippen molar-refractivity contribution in [1.29, 1.82) is 0 Å². The lowest BCUT2D eigenvalue weighted by atomic mass is 9.95. The molecule has 1 saturated carbocycles. The molecule has 2 N–H and O–H groups in total. The molecule has 1 aromatic carbocycles. The molecule has 3 amide bonds. The zero-order valence-corrected chi connectivity index (χ0v) is 20.9. The Labute approximate surface area is 213 Å². The number of fused-ring (bicyclic) bond motifs is 1. The Hall–Kier alpha value is -2.85. The lowest BCUT2D eigenvalue weighted by Gasteiger charge is -2.28. The van der Waals surface area contributed by atoms with Crippen molar-refractivity contribution >= 4 is 45.1 Å². The summed E-state index contributed by atoms with van der Waals surface area (Å²) in [5.74, 6) is -1.19. The molecule has 1 aliphatic carbocycles. The summed E-state index contributed by atoms with van der Waals surface area (Å²) in [5.41, 5.74) is 0.739. The number of nitrogens with zero attached hydrogens (tertiary/aromatic N) is 2. The number of hydrogen-bond donors (Lipinski definition) is 2. The van der Waals surface area contributed by atoms with Crippen LogP contribution < -0.4 is 10.6 Å². The molecule has 1 spiro atoms. The van der Waals surface area contributed by atoms with Crippen LogP contribution in [0.25, 0.3) is 10.2 Å². The molecule has 4 heterocycles. The predicted octanol–water partition coefficient (Wildman–Crippen LogP) is 2.05. The zero-order valence-electron chi connectivity index (χ0n) is 20.0. The summed E-state index contributed by atoms with van der Waals surface area (Å²) in [5, 5.41) is 6.08. The second-order valence-corrected chi connectivity index (χ2v) is 11.6. The molecular formula is C26H30N4O5S. The van der Waals surface area contributed by atoms with Crippen LogP contribution in [0.4, 0.5) is 0 Å². The van der Waals surface area contributed by atoms with Gasteiger partial charge in [0, 0.05) is 25.6 Å². The van der Waals surface area contributed by atoms with Gasteiger partial charge < -0.3 is 20.3 Å². The molecule has 3 aliphatic heterocycles. The maximum absolute atomic E-state index is 13.6. The number of likely N-dealkylation sites (tertiary alicyclic amines) is 1. The van der Waals surface area contributed by atoms with Gasteiger partial charge in [-0.3, -0.25) is 19.2 Å². The molecule has 10 heteroatoms. The maximum atomic E-state index is 13.6. The number of carbonyl (C=O) groups is 4. The van der Waals surface area contributed by atoms with Crippen LogP contribution in [-0.2, 0) is 19.1 Å². The number of ether oxygens (including phenoxy) is 1. The highest BCUT2D eigenvalue weighted by Gasteiger charge is 2.56. The molecule has 9 nitrogen and oxygen atoms in total. The van der Waals surface area contributed by atoms with Gasteiger partial charge >= 0.3 is 0 Å². The van der Waals surface area contributed by atoms with E-state index in [2.05, 4.69) is 15.6 Å². The molecule has 4 aliphatic rings. The Morgan fingerprint density at radius 3 is 2.78 bits per heavy atom. The highest BCUT2D eigenvalue weighted by atomic mass is 32.1. The fourth-order valence-corrected chi connectivity index (χ4v) is 6.76. The first-order chi connectivity index (χ1) is 17.4. The number of Topliss-reactive ketones (excluding diaryl/α,β-unsaturated/α-hetero) is 1. The average Bonchev–Trinajstić information content (AvgIpc) is 3.36. The third kappa shape index (κ3) is 4.41. The van der Waals surface area contributed by atoms with Crippen molar-refractivity contribution in [3.05, 3.63) is 29.3 Å². The second kappa shape index (κ2) is 9.23. The van der Waals surface area contributed by atoms with Crippen LogP contribution in [0.5, 0.6) is 0 Å². The summed E-state index contributed by atoms with van der Waals surface area (Å²) in [6, 6.07) is 6.00. The van der Waals surface area contributed by atoms with Crippen LogP contribution in [-0.4, -0.2) is 71.3 Å². The minimum Gasteiger partial charge on any atom is -0.368 e. The monoisotopic (exact) mass is 510 g/mol. The van der Waals surface area contributed by atoms with Crippen molar-refractivity contribution in [3.8, 4) is 0 Å². The molecule has 190 valence electrons. The van der Waals surface area contributed by atoms with E-state index in [4.69, 9.17) is 4.74 Å². The van der Waals surface area contributed by atoms with Crippen molar-refractivity contribution in [1.82, 2.24) is 20.5 Å². The van der Waals surface area contributed by atoms with E-state index in [0.717, 1.165) is 29.5 Å². The molecule has 0 bridgehead atoms. The minimum atomic E-state index is -0.887. The number of ketones is 1. The van der Waals surface area contributed by atoms with Gasteiger partial charge in [-0.05, 0) is 62.5 Å². The van der Waals surface area contributed by atoms with Gasteiger partial charge in [-0.2, -0.15) is 0 Å². The van der Waals surface area contributed by atoms with Crippen molar-refractivity contribution in [2.45, 2.75) is 63.1 Å². The summed E-state index contributed by atoms with van der Waals surface area (Å²) in [6.45, 7) is 1.69. The van der Waals surface area contributed by atoms with E-state index in [-0.39, 0.29) is 41.3 Å². The first-order valence-electron chi connectivity index (χ1n) is 12.8. The van der Waals surface area contributed by atoms with Gasteiger partial charge in [0.1, 0.15) is 12.1 Å². The Kier molecular flexibility index (Phi) is 6.03. The van der Waals surface area contributed by atoms with E-state index in [9.17, 15) is 19.2 Å². The van der Waals surface area contributed by atoms with E-state index in [0.29, 0.717) is 44.0 Å². The van der Waals surface area contributed by atoms with E-state index < -0.39 is 18.2 Å². The Bertz CT molecular complexity index is 1180. The molecule has 4 atom stereocenters. The SMILES string of the molecule is O=C(N[C@@H](C[C@@H]1CCNC1=O)C(=O)c1nc2ccccc2s1)C1CC2(CC2)CN1C(=O)[C@H]1CCCO1. The van der Waals surface area contributed by atoms with Gasteiger partial charge in [0.05, 0.1) is 16.3 Å². The number of nitrogens with one attached hydrogen (secondary N) is 2. The molecule has 4 fully saturated rings. The van der Waals surface area contributed by atoms with Crippen molar-refractivity contribution < 1.29 is 23.9 Å². The van der Waals surface area contributed by atoms with E-state index in [1.807, 2.05) is 24.3 Å². The summed E-state index contributed by atoms with van der Waals surface area (Å²) < 4.78 is 6.51. The number of carbonyl (C=O) groups excluding carboxylic acids is 4. The fourth-order valence-electron chi connectivity index (χ4n) is 5.80. The molecule has 36 heavy (non-hydrogen) atoms. The van der Waals surface area contributed by atoms with Gasteiger partial charge in [0.2, 0.25) is 17.6 Å². The highest BCUT2D eigenvalue weighted by Crippen LogP contribution is 2.55. The number of para-hydroxylation sites is 1. The first-order valence-corrected chi connectivity index (χ1v) is 13.6. The number of hydrogen-bond acceptors (Lipinski definition) is 7.